The smallest absolute Gasteiger partial charge is 0.287 e. The van der Waals surface area contributed by atoms with Crippen molar-refractivity contribution >= 4 is 69.3 Å². The molecule has 0 radical (unpaired) electrons. The number of H-pyrrole nitrogens is 1. The number of imidazole rings is 1. The quantitative estimate of drug-likeness (QED) is 0.0922. The maximum absolute atomic E-state index is 13.4. The van der Waals surface area contributed by atoms with Crippen LogP contribution in [0, 0.1) is 10.1 Å². The van der Waals surface area contributed by atoms with Crippen LogP contribution in [0.1, 0.15) is 10.4 Å². The third-order valence-electron chi connectivity index (χ3n) is 6.72. The van der Waals surface area contributed by atoms with E-state index >= 15 is 0 Å². The average Bonchev–Trinajstić information content (AvgIpc) is 3.56. The van der Waals surface area contributed by atoms with Crippen LogP contribution in [-0.4, -0.2) is 88.7 Å². The lowest BCUT2D eigenvalue weighted by Gasteiger charge is -2.27. The summed E-state index contributed by atoms with van der Waals surface area (Å²) in [7, 11) is 5.53. The standard InChI is InChI=1S/C28H32Cl2N8O4/c1-34(2)12-13-37(18-39)25-15-20(36(10-8-29)11-9-30)5-7-23(25)33-28(40)19-4-6-22-24(14-19)32-27(31-22)26-16-21(38(41)42)17-35(26)3/h4-7,14-18H,8-13H2,1-3H3,(H,31,32)(H,33,40). The molecule has 2 amide bonds. The predicted octanol–water partition coefficient (Wildman–Crippen LogP) is 4.54. The minimum atomic E-state index is -0.463. The number of hydrogen-bond acceptors (Lipinski definition) is 7. The summed E-state index contributed by atoms with van der Waals surface area (Å²) in [6.45, 7) is 2.17. The molecule has 4 aromatic rings. The Bertz CT molecular complexity index is 1580. The molecule has 2 aromatic carbocycles. The first-order valence-corrected chi connectivity index (χ1v) is 14.2. The van der Waals surface area contributed by atoms with Gasteiger partial charge in [-0.25, -0.2) is 4.98 Å². The highest BCUT2D eigenvalue weighted by atomic mass is 35.5. The first-order valence-electron chi connectivity index (χ1n) is 13.1. The van der Waals surface area contributed by atoms with E-state index in [2.05, 4.69) is 15.3 Å². The molecular weight excluding hydrogens is 583 g/mol. The number of amides is 2. The molecular formula is C28H32Cl2N8O4. The summed E-state index contributed by atoms with van der Waals surface area (Å²) in [5.74, 6) is 0.862. The van der Waals surface area contributed by atoms with Gasteiger partial charge in [0.25, 0.3) is 11.6 Å². The second-order valence-electron chi connectivity index (χ2n) is 9.89. The third-order valence-corrected chi connectivity index (χ3v) is 7.06. The highest BCUT2D eigenvalue weighted by molar-refractivity contribution is 6.18. The molecule has 4 rings (SSSR count). The number of halogens is 2. The monoisotopic (exact) mass is 614 g/mol. The number of nitrogens with zero attached hydrogens (tertiary/aromatic N) is 6. The molecule has 2 aromatic heterocycles. The number of aryl methyl sites for hydroxylation is 1. The fourth-order valence-corrected chi connectivity index (χ4v) is 4.93. The van der Waals surface area contributed by atoms with E-state index in [9.17, 15) is 19.7 Å². The van der Waals surface area contributed by atoms with Gasteiger partial charge >= 0.3 is 0 Å². The number of aromatic amines is 1. The zero-order valence-electron chi connectivity index (χ0n) is 23.5. The van der Waals surface area contributed by atoms with Crippen molar-refractivity contribution in [2.24, 2.45) is 7.05 Å². The molecule has 12 nitrogen and oxygen atoms in total. The predicted molar refractivity (Wildman–Crippen MR) is 167 cm³/mol. The molecule has 0 saturated carbocycles. The van der Waals surface area contributed by atoms with E-state index in [-0.39, 0.29) is 11.6 Å². The van der Waals surface area contributed by atoms with Gasteiger partial charge in [0, 0.05) is 62.3 Å². The van der Waals surface area contributed by atoms with Gasteiger partial charge in [0.15, 0.2) is 5.82 Å². The van der Waals surface area contributed by atoms with Crippen molar-refractivity contribution in [1.29, 1.82) is 0 Å². The Morgan fingerprint density at radius 2 is 1.83 bits per heavy atom. The molecule has 0 fully saturated rings. The molecule has 0 unspecified atom stereocenters. The summed E-state index contributed by atoms with van der Waals surface area (Å²) >= 11 is 12.0. The largest absolute Gasteiger partial charge is 0.369 e. The summed E-state index contributed by atoms with van der Waals surface area (Å²) < 4.78 is 1.62. The van der Waals surface area contributed by atoms with Gasteiger partial charge in [-0.15, -0.1) is 23.2 Å². The Kier molecular flexibility index (Phi) is 10.0. The number of benzene rings is 2. The minimum Gasteiger partial charge on any atom is -0.369 e. The molecule has 0 aliphatic rings. The van der Waals surface area contributed by atoms with Crippen molar-refractivity contribution in [2.45, 2.75) is 0 Å². The lowest BCUT2D eigenvalue weighted by molar-refractivity contribution is -0.384. The van der Waals surface area contributed by atoms with Crippen LogP contribution in [0.4, 0.5) is 22.7 Å². The van der Waals surface area contributed by atoms with Crippen molar-refractivity contribution < 1.29 is 14.5 Å². The molecule has 0 aliphatic carbocycles. The Balaban J connectivity index is 1.65. The highest BCUT2D eigenvalue weighted by Crippen LogP contribution is 2.32. The van der Waals surface area contributed by atoms with Crippen LogP contribution in [0.2, 0.25) is 0 Å². The summed E-state index contributed by atoms with van der Waals surface area (Å²) in [6.07, 6.45) is 2.16. The Morgan fingerprint density at radius 1 is 1.10 bits per heavy atom. The van der Waals surface area contributed by atoms with Crippen LogP contribution >= 0.6 is 23.2 Å². The van der Waals surface area contributed by atoms with Crippen molar-refractivity contribution in [2.75, 3.05) is 67.2 Å². The maximum atomic E-state index is 13.4. The second-order valence-corrected chi connectivity index (χ2v) is 10.6. The zero-order valence-corrected chi connectivity index (χ0v) is 25.0. The molecule has 42 heavy (non-hydrogen) atoms. The van der Waals surface area contributed by atoms with E-state index in [1.54, 1.807) is 40.8 Å². The maximum Gasteiger partial charge on any atom is 0.287 e. The fourth-order valence-electron chi connectivity index (χ4n) is 4.52. The minimum absolute atomic E-state index is 0.0433. The summed E-state index contributed by atoms with van der Waals surface area (Å²) in [5, 5.41) is 14.1. The van der Waals surface area contributed by atoms with Crippen molar-refractivity contribution in [3.63, 3.8) is 0 Å². The molecule has 2 N–H and O–H groups in total. The first-order chi connectivity index (χ1) is 20.1. The van der Waals surface area contributed by atoms with Gasteiger partial charge < -0.3 is 29.6 Å². The molecule has 222 valence electrons. The Morgan fingerprint density at radius 3 is 2.45 bits per heavy atom. The van der Waals surface area contributed by atoms with Gasteiger partial charge in [-0.1, -0.05) is 0 Å². The van der Waals surface area contributed by atoms with Crippen molar-refractivity contribution in [3.8, 4) is 11.5 Å². The highest BCUT2D eigenvalue weighted by Gasteiger charge is 2.19. The number of likely N-dealkylation sites (N-methyl/N-ethyl adjacent to an activating group) is 1. The molecule has 0 spiro atoms. The number of anilines is 3. The van der Waals surface area contributed by atoms with E-state index in [0.29, 0.717) is 77.4 Å². The van der Waals surface area contributed by atoms with Crippen LogP contribution in [0.5, 0.6) is 0 Å². The topological polar surface area (TPSA) is 133 Å². The van der Waals surface area contributed by atoms with Crippen molar-refractivity contribution in [3.05, 3.63) is 64.3 Å². The zero-order chi connectivity index (χ0) is 30.4. The summed E-state index contributed by atoms with van der Waals surface area (Å²) in [6, 6.07) is 11.9. The van der Waals surface area contributed by atoms with Crippen LogP contribution in [-0.2, 0) is 11.8 Å². The van der Waals surface area contributed by atoms with Gasteiger partial charge in [0.05, 0.1) is 39.2 Å². The van der Waals surface area contributed by atoms with Gasteiger partial charge in [-0.05, 0) is 50.5 Å². The van der Waals surface area contributed by atoms with Crippen molar-refractivity contribution in [1.82, 2.24) is 19.4 Å². The van der Waals surface area contributed by atoms with Gasteiger partial charge in [-0.2, -0.15) is 0 Å². The molecule has 14 heteroatoms. The number of carbonyl (C=O) groups excluding carboxylic acids is 2. The van der Waals surface area contributed by atoms with E-state index in [1.165, 1.54) is 12.3 Å². The lowest BCUT2D eigenvalue weighted by Crippen LogP contribution is -2.32. The normalized spacial score (nSPS) is 11.2. The number of aromatic nitrogens is 3. The molecule has 0 atom stereocenters. The van der Waals surface area contributed by atoms with E-state index < -0.39 is 4.92 Å². The number of fused-ring (bicyclic) bond motifs is 1. The van der Waals surface area contributed by atoms with Crippen LogP contribution in [0.25, 0.3) is 22.6 Å². The van der Waals surface area contributed by atoms with Gasteiger partial charge in [-0.3, -0.25) is 19.7 Å². The number of hydrogen-bond donors (Lipinski definition) is 2. The number of alkyl halides is 2. The van der Waals surface area contributed by atoms with E-state index in [0.717, 1.165) is 12.1 Å². The fraction of sp³-hybridized carbons (Fsp3) is 0.321. The molecule has 0 bridgehead atoms. The third kappa shape index (κ3) is 7.01. The number of carbonyl (C=O) groups is 2. The van der Waals surface area contributed by atoms with Crippen LogP contribution < -0.4 is 15.1 Å². The Labute approximate surface area is 253 Å². The average molecular weight is 616 g/mol. The second kappa shape index (κ2) is 13.7. The summed E-state index contributed by atoms with van der Waals surface area (Å²) in [5.41, 5.74) is 3.87. The van der Waals surface area contributed by atoms with Gasteiger partial charge in [0.2, 0.25) is 6.41 Å². The van der Waals surface area contributed by atoms with Gasteiger partial charge in [0.1, 0.15) is 0 Å². The Hall–Kier alpha value is -4.13. The van der Waals surface area contributed by atoms with Crippen LogP contribution in [0.15, 0.2) is 48.7 Å². The number of nitrogens with one attached hydrogen (secondary N) is 2. The van der Waals surface area contributed by atoms with Crippen LogP contribution in [0.3, 0.4) is 0 Å². The molecule has 0 aliphatic heterocycles. The lowest BCUT2D eigenvalue weighted by atomic mass is 10.1. The van der Waals surface area contributed by atoms with E-state index in [4.69, 9.17) is 23.2 Å². The first kappa shape index (κ1) is 30.8. The molecule has 0 saturated heterocycles. The number of rotatable bonds is 14. The summed E-state index contributed by atoms with van der Waals surface area (Å²) in [4.78, 5) is 49.6. The number of nitro groups is 1. The van der Waals surface area contributed by atoms with E-state index in [1.807, 2.05) is 36.0 Å². The molecule has 2 heterocycles. The SMILES string of the molecule is CN(C)CCN(C=O)c1cc(N(CCCl)CCCl)ccc1NC(=O)c1ccc2[nH]c(-c3cc([N+](=O)[O-])cn3C)nc2c1.